The lowest BCUT2D eigenvalue weighted by Gasteiger charge is -2.23. The van der Waals surface area contributed by atoms with Crippen LogP contribution in [0.25, 0.3) is 0 Å². The highest BCUT2D eigenvalue weighted by molar-refractivity contribution is 6.06. The Morgan fingerprint density at radius 1 is 1.16 bits per heavy atom. The molecule has 2 aromatic carbocycles. The Hall–Kier alpha value is -2.95. The Morgan fingerprint density at radius 3 is 2.59 bits per heavy atom. The Kier molecular flexibility index (Phi) is 6.18. The van der Waals surface area contributed by atoms with E-state index in [0.29, 0.717) is 43.6 Å². The summed E-state index contributed by atoms with van der Waals surface area (Å²) in [6.07, 6.45) is 2.82. The Bertz CT molecular complexity index is 1030. The van der Waals surface area contributed by atoms with Crippen molar-refractivity contribution in [2.24, 2.45) is 22.6 Å². The van der Waals surface area contributed by atoms with Gasteiger partial charge in [0.25, 0.3) is 5.91 Å². The van der Waals surface area contributed by atoms with Crippen LogP contribution in [0.2, 0.25) is 0 Å². The highest BCUT2D eigenvalue weighted by Crippen LogP contribution is 2.49. The summed E-state index contributed by atoms with van der Waals surface area (Å²) in [4.78, 5) is 31.7. The molecule has 2 unspecified atom stereocenters. The number of hydrogen-bond acceptors (Lipinski definition) is 4. The average molecular weight is 432 g/mol. The number of nitrogens with zero attached hydrogens (tertiary/aromatic N) is 2. The molecule has 0 spiro atoms. The van der Waals surface area contributed by atoms with Crippen molar-refractivity contribution in [1.29, 1.82) is 0 Å². The number of ketones is 1. The molecule has 2 N–H and O–H groups in total. The molecule has 0 bridgehead atoms. The number of hydrogen-bond donors (Lipinski definition) is 1. The average Bonchev–Trinajstić information content (AvgIpc) is 3.46. The smallest absolute Gasteiger partial charge is 0.257 e. The zero-order valence-corrected chi connectivity index (χ0v) is 19.3. The number of Topliss-reactive ketones (excluding diaryl/α,β-unsaturated/α-hetero) is 1. The van der Waals surface area contributed by atoms with Crippen LogP contribution in [0.5, 0.6) is 0 Å². The number of carbonyl (C=O) groups excluding carboxylic acids is 2. The van der Waals surface area contributed by atoms with E-state index in [1.54, 1.807) is 4.90 Å². The summed E-state index contributed by atoms with van der Waals surface area (Å²) < 4.78 is 0. The second-order valence-electron chi connectivity index (χ2n) is 9.99. The van der Waals surface area contributed by atoms with E-state index < -0.39 is 5.54 Å². The fourth-order valence-corrected chi connectivity index (χ4v) is 5.03. The number of aliphatic imine (C=N–C) groups is 1. The second-order valence-corrected chi connectivity index (χ2v) is 9.99. The maximum absolute atomic E-state index is 13.0. The number of nitrogens with two attached hydrogens (primary N) is 1. The molecule has 3 atom stereocenters. The highest BCUT2D eigenvalue weighted by atomic mass is 16.2. The van der Waals surface area contributed by atoms with Gasteiger partial charge in [-0.1, -0.05) is 68.4 Å². The van der Waals surface area contributed by atoms with Crippen LogP contribution in [0.15, 0.2) is 59.6 Å². The first-order chi connectivity index (χ1) is 15.2. The summed E-state index contributed by atoms with van der Waals surface area (Å²) in [5.74, 6) is 1.84. The standard InChI is InChI=1S/C27H33N3O2/c1-18(2)16-27(3)25(32)30(26(28)29-27)17-20-9-7-8-19(12-20)13-23(31)14-22-15-24(22)21-10-5-4-6-11-21/h4-12,18,22,24H,13-17H2,1-3H3,(H2,28,29)/t22?,24-,27?/m0/s1. The van der Waals surface area contributed by atoms with Gasteiger partial charge in [-0.2, -0.15) is 0 Å². The van der Waals surface area contributed by atoms with Crippen molar-refractivity contribution in [2.45, 2.75) is 64.5 Å². The van der Waals surface area contributed by atoms with Crippen LogP contribution in [0.4, 0.5) is 0 Å². The molecule has 5 heteroatoms. The molecule has 2 aromatic rings. The van der Waals surface area contributed by atoms with E-state index in [1.165, 1.54) is 5.56 Å². The second kappa shape index (κ2) is 8.89. The Labute approximate surface area is 190 Å². The van der Waals surface area contributed by atoms with Crippen molar-refractivity contribution in [1.82, 2.24) is 4.90 Å². The molecule has 1 aliphatic heterocycles. The van der Waals surface area contributed by atoms with E-state index in [-0.39, 0.29) is 17.6 Å². The molecule has 1 heterocycles. The fraction of sp³-hybridized carbons (Fsp3) is 0.444. The van der Waals surface area contributed by atoms with Gasteiger partial charge in [0.05, 0.1) is 6.54 Å². The van der Waals surface area contributed by atoms with Gasteiger partial charge in [0.15, 0.2) is 5.96 Å². The zero-order chi connectivity index (χ0) is 22.9. The monoisotopic (exact) mass is 431 g/mol. The van der Waals surface area contributed by atoms with Gasteiger partial charge in [0.2, 0.25) is 0 Å². The summed E-state index contributed by atoms with van der Waals surface area (Å²) in [6, 6.07) is 18.4. The molecule has 5 nitrogen and oxygen atoms in total. The lowest BCUT2D eigenvalue weighted by atomic mass is 9.91. The predicted molar refractivity (Wildman–Crippen MR) is 127 cm³/mol. The third-order valence-corrected chi connectivity index (χ3v) is 6.52. The topological polar surface area (TPSA) is 75.8 Å². The number of benzene rings is 2. The molecule has 0 radical (unpaired) electrons. The molecule has 168 valence electrons. The van der Waals surface area contributed by atoms with Gasteiger partial charge >= 0.3 is 0 Å². The molecule has 1 amide bonds. The quantitative estimate of drug-likeness (QED) is 0.637. The van der Waals surface area contributed by atoms with Gasteiger partial charge in [0, 0.05) is 12.8 Å². The van der Waals surface area contributed by atoms with Crippen molar-refractivity contribution in [3.63, 3.8) is 0 Å². The number of amides is 1. The van der Waals surface area contributed by atoms with Crippen LogP contribution in [0, 0.1) is 11.8 Å². The Balaban J connectivity index is 1.34. The van der Waals surface area contributed by atoms with Crippen LogP contribution < -0.4 is 5.73 Å². The molecule has 4 rings (SSSR count). The first kappa shape index (κ1) is 22.3. The lowest BCUT2D eigenvalue weighted by molar-refractivity contribution is -0.131. The summed E-state index contributed by atoms with van der Waals surface area (Å²) in [7, 11) is 0. The molecule has 2 aliphatic rings. The van der Waals surface area contributed by atoms with Crippen molar-refractivity contribution in [3.8, 4) is 0 Å². The first-order valence-corrected chi connectivity index (χ1v) is 11.6. The summed E-state index contributed by atoms with van der Waals surface area (Å²) in [5.41, 5.74) is 8.61. The van der Waals surface area contributed by atoms with Crippen molar-refractivity contribution in [3.05, 3.63) is 71.3 Å². The lowest BCUT2D eigenvalue weighted by Crippen LogP contribution is -2.43. The molecule has 1 saturated carbocycles. The zero-order valence-electron chi connectivity index (χ0n) is 19.3. The van der Waals surface area contributed by atoms with E-state index in [0.717, 1.165) is 17.5 Å². The van der Waals surface area contributed by atoms with Crippen LogP contribution in [0.3, 0.4) is 0 Å². The first-order valence-electron chi connectivity index (χ1n) is 11.6. The van der Waals surface area contributed by atoms with E-state index in [4.69, 9.17) is 5.73 Å². The van der Waals surface area contributed by atoms with Gasteiger partial charge in [-0.3, -0.25) is 14.5 Å². The molecular weight excluding hydrogens is 398 g/mol. The van der Waals surface area contributed by atoms with E-state index >= 15 is 0 Å². The number of rotatable bonds is 9. The molecule has 1 fully saturated rings. The van der Waals surface area contributed by atoms with Gasteiger partial charge in [0.1, 0.15) is 11.3 Å². The van der Waals surface area contributed by atoms with Gasteiger partial charge in [-0.05, 0) is 54.2 Å². The summed E-state index contributed by atoms with van der Waals surface area (Å²) in [5, 5.41) is 0. The summed E-state index contributed by atoms with van der Waals surface area (Å²) >= 11 is 0. The van der Waals surface area contributed by atoms with Crippen molar-refractivity contribution in [2.75, 3.05) is 0 Å². The Morgan fingerprint density at radius 2 is 1.88 bits per heavy atom. The van der Waals surface area contributed by atoms with Crippen molar-refractivity contribution < 1.29 is 9.59 Å². The highest BCUT2D eigenvalue weighted by Gasteiger charge is 2.44. The third-order valence-electron chi connectivity index (χ3n) is 6.52. The molecule has 32 heavy (non-hydrogen) atoms. The maximum atomic E-state index is 13.0. The van der Waals surface area contributed by atoms with Crippen LogP contribution in [-0.2, 0) is 22.6 Å². The van der Waals surface area contributed by atoms with Crippen LogP contribution in [-0.4, -0.2) is 28.1 Å². The van der Waals surface area contributed by atoms with Gasteiger partial charge < -0.3 is 5.73 Å². The minimum Gasteiger partial charge on any atom is -0.369 e. The minimum atomic E-state index is -0.786. The van der Waals surface area contributed by atoms with Gasteiger partial charge in [-0.15, -0.1) is 0 Å². The largest absolute Gasteiger partial charge is 0.369 e. The number of guanidine groups is 1. The van der Waals surface area contributed by atoms with Crippen LogP contribution in [0.1, 0.15) is 62.6 Å². The van der Waals surface area contributed by atoms with Crippen LogP contribution >= 0.6 is 0 Å². The fourth-order valence-electron chi connectivity index (χ4n) is 5.03. The maximum Gasteiger partial charge on any atom is 0.257 e. The van der Waals surface area contributed by atoms with Crippen molar-refractivity contribution >= 4 is 17.6 Å². The minimum absolute atomic E-state index is 0.0501. The number of carbonyl (C=O) groups is 2. The molecular formula is C27H33N3O2. The third kappa shape index (κ3) is 4.93. The molecule has 0 aromatic heterocycles. The van der Waals surface area contributed by atoms with E-state index in [2.05, 4.69) is 43.1 Å². The normalized spacial score (nSPS) is 24.7. The van der Waals surface area contributed by atoms with Gasteiger partial charge in [-0.25, -0.2) is 4.99 Å². The van der Waals surface area contributed by atoms with E-state index in [1.807, 2.05) is 37.3 Å². The molecule has 0 saturated heterocycles. The van der Waals surface area contributed by atoms with E-state index in [9.17, 15) is 9.59 Å². The molecule has 1 aliphatic carbocycles. The SMILES string of the molecule is CC(C)CC1(C)N=C(N)N(Cc2cccc(CC(=O)CC3C[C@H]3c3ccccc3)c2)C1=O. The summed E-state index contributed by atoms with van der Waals surface area (Å²) in [6.45, 7) is 6.40. The predicted octanol–water partition coefficient (Wildman–Crippen LogP) is 4.45.